The van der Waals surface area contributed by atoms with Crippen molar-refractivity contribution in [1.29, 1.82) is 0 Å². The van der Waals surface area contributed by atoms with Crippen molar-refractivity contribution in [2.45, 2.75) is 0 Å². The first-order valence-corrected chi connectivity index (χ1v) is 5.44. The van der Waals surface area contributed by atoms with Crippen molar-refractivity contribution in [1.82, 2.24) is 4.98 Å². The van der Waals surface area contributed by atoms with Gasteiger partial charge in [-0.25, -0.2) is 14.4 Å². The van der Waals surface area contributed by atoms with Crippen LogP contribution >= 0.6 is 15.9 Å². The van der Waals surface area contributed by atoms with Gasteiger partial charge in [-0.05, 0) is 45.8 Å². The molecule has 2 aromatic rings. The molecule has 80 valence electrons. The Bertz CT molecular complexity index is 509. The van der Waals surface area contributed by atoms with Gasteiger partial charge in [0.1, 0.15) is 5.82 Å². The van der Waals surface area contributed by atoms with Crippen LogP contribution in [0.2, 0.25) is 0 Å². The summed E-state index contributed by atoms with van der Waals surface area (Å²) in [5.74, 6) is 0.320. The Hall–Kier alpha value is -1.55. The Labute approximate surface area is 101 Å². The molecule has 0 spiro atoms. The second-order valence-corrected chi connectivity index (χ2v) is 4.06. The molecule has 0 saturated carbocycles. The monoisotopic (exact) mass is 278 g/mol. The van der Waals surface area contributed by atoms with E-state index in [1.54, 1.807) is 30.6 Å². The summed E-state index contributed by atoms with van der Waals surface area (Å²) in [6, 6.07) is 9.87. The highest BCUT2D eigenvalue weighted by Gasteiger charge is 1.92. The maximum Gasteiger partial charge on any atom is 0.151 e. The maximum absolute atomic E-state index is 12.9. The Morgan fingerprint density at radius 3 is 2.81 bits per heavy atom. The van der Waals surface area contributed by atoms with Gasteiger partial charge in [-0.2, -0.15) is 0 Å². The molecule has 0 radical (unpaired) electrons. The highest BCUT2D eigenvalue weighted by molar-refractivity contribution is 9.10. The molecule has 0 bridgehead atoms. The van der Waals surface area contributed by atoms with Crippen LogP contribution in [-0.4, -0.2) is 11.2 Å². The molecule has 0 saturated heterocycles. The highest BCUT2D eigenvalue weighted by Crippen LogP contribution is 2.13. The van der Waals surface area contributed by atoms with Crippen LogP contribution in [0.15, 0.2) is 52.1 Å². The molecule has 1 aromatic heterocycles. The zero-order chi connectivity index (χ0) is 11.4. The first-order valence-electron chi connectivity index (χ1n) is 4.65. The fourth-order valence-corrected chi connectivity index (χ4v) is 1.41. The molecule has 0 aliphatic rings. The van der Waals surface area contributed by atoms with Gasteiger partial charge in [0, 0.05) is 16.9 Å². The van der Waals surface area contributed by atoms with Crippen molar-refractivity contribution in [2.24, 2.45) is 4.99 Å². The van der Waals surface area contributed by atoms with E-state index in [2.05, 4.69) is 25.9 Å². The zero-order valence-electron chi connectivity index (χ0n) is 8.27. The molecule has 2 nitrogen and oxygen atoms in total. The first kappa shape index (κ1) is 11.0. The number of nitrogens with zero attached hydrogens (tertiary/aromatic N) is 2. The predicted molar refractivity (Wildman–Crippen MR) is 65.6 cm³/mol. The SMILES string of the molecule is Fc1cccc(C=Nc2ccc(Br)cn2)c1. The minimum absolute atomic E-state index is 0.271. The fourth-order valence-electron chi connectivity index (χ4n) is 1.17. The largest absolute Gasteiger partial charge is 0.237 e. The van der Waals surface area contributed by atoms with Gasteiger partial charge in [0.05, 0.1) is 0 Å². The van der Waals surface area contributed by atoms with Crippen LogP contribution < -0.4 is 0 Å². The summed E-state index contributed by atoms with van der Waals surface area (Å²) in [7, 11) is 0. The molecule has 1 heterocycles. The van der Waals surface area contributed by atoms with Gasteiger partial charge in [-0.3, -0.25) is 0 Å². The van der Waals surface area contributed by atoms with Crippen LogP contribution in [0.3, 0.4) is 0 Å². The van der Waals surface area contributed by atoms with Crippen LogP contribution in [0.1, 0.15) is 5.56 Å². The number of pyridine rings is 1. The molecule has 1 aromatic carbocycles. The average molecular weight is 279 g/mol. The molecular formula is C12H8BrFN2. The lowest BCUT2D eigenvalue weighted by atomic mass is 10.2. The van der Waals surface area contributed by atoms with Gasteiger partial charge in [-0.15, -0.1) is 0 Å². The summed E-state index contributed by atoms with van der Waals surface area (Å²) in [6.07, 6.45) is 3.25. The summed E-state index contributed by atoms with van der Waals surface area (Å²) in [6.45, 7) is 0. The van der Waals surface area contributed by atoms with E-state index in [0.29, 0.717) is 11.4 Å². The highest BCUT2D eigenvalue weighted by atomic mass is 79.9. The van der Waals surface area contributed by atoms with E-state index in [1.807, 2.05) is 6.07 Å². The van der Waals surface area contributed by atoms with Gasteiger partial charge in [0.15, 0.2) is 5.82 Å². The molecule has 0 N–H and O–H groups in total. The number of benzene rings is 1. The molecule has 0 unspecified atom stereocenters. The van der Waals surface area contributed by atoms with Crippen molar-refractivity contribution >= 4 is 28.0 Å². The summed E-state index contributed by atoms with van der Waals surface area (Å²) < 4.78 is 13.8. The third-order valence-corrected chi connectivity index (χ3v) is 2.38. The van der Waals surface area contributed by atoms with Gasteiger partial charge in [0.2, 0.25) is 0 Å². The molecule has 0 fully saturated rings. The van der Waals surface area contributed by atoms with E-state index in [0.717, 1.165) is 4.47 Å². The first-order chi connectivity index (χ1) is 7.74. The van der Waals surface area contributed by atoms with Gasteiger partial charge in [0.25, 0.3) is 0 Å². The standard InChI is InChI=1S/C12H8BrFN2/c13-10-4-5-12(16-8-10)15-7-9-2-1-3-11(14)6-9/h1-8H. The van der Waals surface area contributed by atoms with Crippen LogP contribution in [0.25, 0.3) is 0 Å². The third-order valence-electron chi connectivity index (χ3n) is 1.91. The van der Waals surface area contributed by atoms with Crippen molar-refractivity contribution in [3.63, 3.8) is 0 Å². The van der Waals surface area contributed by atoms with Gasteiger partial charge in [-0.1, -0.05) is 12.1 Å². The van der Waals surface area contributed by atoms with E-state index in [-0.39, 0.29) is 5.82 Å². The Morgan fingerprint density at radius 1 is 1.25 bits per heavy atom. The van der Waals surface area contributed by atoms with Crippen molar-refractivity contribution in [3.8, 4) is 0 Å². The third kappa shape index (κ3) is 2.97. The van der Waals surface area contributed by atoms with E-state index in [1.165, 1.54) is 12.1 Å². The summed E-state index contributed by atoms with van der Waals surface area (Å²) in [5, 5.41) is 0. The molecule has 0 aliphatic heterocycles. The fraction of sp³-hybridized carbons (Fsp3) is 0. The molecule has 0 atom stereocenters. The van der Waals surface area contributed by atoms with Crippen LogP contribution in [0.4, 0.5) is 10.2 Å². The smallest absolute Gasteiger partial charge is 0.151 e. The molecule has 2 rings (SSSR count). The summed E-state index contributed by atoms with van der Waals surface area (Å²) >= 11 is 3.29. The number of rotatable bonds is 2. The van der Waals surface area contributed by atoms with E-state index < -0.39 is 0 Å². The lowest BCUT2D eigenvalue weighted by molar-refractivity contribution is 0.627. The minimum atomic E-state index is -0.271. The Morgan fingerprint density at radius 2 is 2.12 bits per heavy atom. The molecule has 0 aliphatic carbocycles. The Kier molecular flexibility index (Phi) is 3.41. The van der Waals surface area contributed by atoms with Crippen LogP contribution in [0.5, 0.6) is 0 Å². The number of hydrogen-bond acceptors (Lipinski definition) is 2. The van der Waals surface area contributed by atoms with E-state index >= 15 is 0 Å². The van der Waals surface area contributed by atoms with Crippen LogP contribution in [0, 0.1) is 5.82 Å². The number of aromatic nitrogens is 1. The lowest BCUT2D eigenvalue weighted by Crippen LogP contribution is -1.82. The number of hydrogen-bond donors (Lipinski definition) is 0. The average Bonchev–Trinajstić information content (AvgIpc) is 2.28. The topological polar surface area (TPSA) is 25.2 Å². The second kappa shape index (κ2) is 4.99. The number of halogens is 2. The molecular weight excluding hydrogens is 271 g/mol. The zero-order valence-corrected chi connectivity index (χ0v) is 9.86. The van der Waals surface area contributed by atoms with Gasteiger partial charge < -0.3 is 0 Å². The normalized spacial score (nSPS) is 10.9. The molecule has 4 heteroatoms. The predicted octanol–water partition coefficient (Wildman–Crippen LogP) is 3.73. The quantitative estimate of drug-likeness (QED) is 0.769. The second-order valence-electron chi connectivity index (χ2n) is 3.15. The summed E-state index contributed by atoms with van der Waals surface area (Å²) in [5.41, 5.74) is 0.713. The Balaban J connectivity index is 2.18. The summed E-state index contributed by atoms with van der Waals surface area (Å²) in [4.78, 5) is 8.21. The molecule has 0 amide bonds. The maximum atomic E-state index is 12.9. The van der Waals surface area contributed by atoms with E-state index in [9.17, 15) is 4.39 Å². The lowest BCUT2D eigenvalue weighted by Gasteiger charge is -1.94. The minimum Gasteiger partial charge on any atom is -0.237 e. The molecule has 16 heavy (non-hydrogen) atoms. The van der Waals surface area contributed by atoms with Crippen LogP contribution in [-0.2, 0) is 0 Å². The van der Waals surface area contributed by atoms with Gasteiger partial charge >= 0.3 is 0 Å². The van der Waals surface area contributed by atoms with Crippen molar-refractivity contribution < 1.29 is 4.39 Å². The van der Waals surface area contributed by atoms with E-state index in [4.69, 9.17) is 0 Å². The number of aliphatic imine (C=N–C) groups is 1. The van der Waals surface area contributed by atoms with Crippen molar-refractivity contribution in [3.05, 3.63) is 58.4 Å². The van der Waals surface area contributed by atoms with Crippen molar-refractivity contribution in [2.75, 3.05) is 0 Å².